The number of nitrogens with zero attached hydrogens (tertiary/aromatic N) is 2. The Bertz CT molecular complexity index is 790. The molecule has 0 saturated heterocycles. The van der Waals surface area contributed by atoms with Gasteiger partial charge in [0.25, 0.3) is 5.91 Å². The number of hydrogen-bond acceptors (Lipinski definition) is 3. The zero-order valence-corrected chi connectivity index (χ0v) is 14.1. The topological polar surface area (TPSA) is 41.9 Å². The van der Waals surface area contributed by atoms with Gasteiger partial charge in [-0.05, 0) is 56.7 Å². The number of para-hydroxylation sites is 1. The van der Waals surface area contributed by atoms with Gasteiger partial charge in [-0.2, -0.15) is 10.1 Å². The number of ether oxygens (including phenoxy) is 1. The lowest BCUT2D eigenvalue weighted by Crippen LogP contribution is -2.21. The molecule has 0 N–H and O–H groups in total. The van der Waals surface area contributed by atoms with Crippen LogP contribution < -0.4 is 9.75 Å². The lowest BCUT2D eigenvalue weighted by atomic mass is 10.1. The summed E-state index contributed by atoms with van der Waals surface area (Å²) in [5.74, 6) is 0.711. The van der Waals surface area contributed by atoms with E-state index < -0.39 is 0 Å². The van der Waals surface area contributed by atoms with Crippen LogP contribution in [0.3, 0.4) is 0 Å². The van der Waals surface area contributed by atoms with Crippen molar-refractivity contribution < 1.29 is 9.53 Å². The number of benzene rings is 2. The average molecular weight is 320 g/mol. The van der Waals surface area contributed by atoms with E-state index in [-0.39, 0.29) is 12.0 Å². The summed E-state index contributed by atoms with van der Waals surface area (Å²) in [6, 6.07) is 17.1. The third-order valence-corrected chi connectivity index (χ3v) is 3.63. The summed E-state index contributed by atoms with van der Waals surface area (Å²) in [6.07, 6.45) is 2.00. The van der Waals surface area contributed by atoms with Gasteiger partial charge in [-0.3, -0.25) is 4.79 Å². The van der Waals surface area contributed by atoms with Crippen LogP contribution in [-0.2, 0) is 4.79 Å². The van der Waals surface area contributed by atoms with E-state index in [4.69, 9.17) is 4.74 Å². The van der Waals surface area contributed by atoms with E-state index in [2.05, 4.69) is 5.10 Å². The normalized spacial score (nSPS) is 16.0. The number of amides is 1. The zero-order chi connectivity index (χ0) is 17.1. The number of carbonyl (C=O) groups is 1. The molecule has 122 valence electrons. The lowest BCUT2D eigenvalue weighted by Gasteiger charge is -2.11. The number of carbonyl (C=O) groups excluding carboxylic acids is 1. The van der Waals surface area contributed by atoms with E-state index >= 15 is 0 Å². The second kappa shape index (κ2) is 6.71. The Morgan fingerprint density at radius 3 is 2.33 bits per heavy atom. The zero-order valence-electron chi connectivity index (χ0n) is 14.1. The molecule has 4 nitrogen and oxygen atoms in total. The van der Waals surface area contributed by atoms with Crippen LogP contribution in [0, 0.1) is 0 Å². The second-order valence-corrected chi connectivity index (χ2v) is 5.93. The maximum Gasteiger partial charge on any atom is 0.280 e. The van der Waals surface area contributed by atoms with Crippen molar-refractivity contribution in [3.63, 3.8) is 0 Å². The van der Waals surface area contributed by atoms with Crippen LogP contribution in [0.4, 0.5) is 5.69 Å². The van der Waals surface area contributed by atoms with Crippen LogP contribution in [0.25, 0.3) is 6.08 Å². The predicted octanol–water partition coefficient (Wildman–Crippen LogP) is 4.28. The highest BCUT2D eigenvalue weighted by Gasteiger charge is 2.28. The van der Waals surface area contributed by atoms with Gasteiger partial charge in [0.1, 0.15) is 5.75 Å². The van der Waals surface area contributed by atoms with Crippen LogP contribution in [0.5, 0.6) is 5.75 Å². The Labute approximate surface area is 142 Å². The van der Waals surface area contributed by atoms with Crippen LogP contribution in [-0.4, -0.2) is 17.7 Å². The minimum Gasteiger partial charge on any atom is -0.491 e. The van der Waals surface area contributed by atoms with Gasteiger partial charge in [-0.1, -0.05) is 30.3 Å². The molecule has 0 unspecified atom stereocenters. The SMILES string of the molecule is CC1=NN(c2ccccc2)C(=O)/C1=C/c1ccc(OC(C)C)cc1. The fraction of sp³-hybridized carbons (Fsp3) is 0.200. The van der Waals surface area contributed by atoms with Gasteiger partial charge in [0, 0.05) is 0 Å². The first-order valence-electron chi connectivity index (χ1n) is 7.98. The van der Waals surface area contributed by atoms with Crippen molar-refractivity contribution in [2.75, 3.05) is 5.01 Å². The van der Waals surface area contributed by atoms with Gasteiger partial charge in [-0.25, -0.2) is 0 Å². The Hall–Kier alpha value is -2.88. The van der Waals surface area contributed by atoms with E-state index in [1.165, 1.54) is 5.01 Å². The van der Waals surface area contributed by atoms with Crippen molar-refractivity contribution >= 4 is 23.4 Å². The Morgan fingerprint density at radius 1 is 1.04 bits per heavy atom. The van der Waals surface area contributed by atoms with Crippen LogP contribution in [0.1, 0.15) is 26.3 Å². The van der Waals surface area contributed by atoms with Gasteiger partial charge in [0.2, 0.25) is 0 Å². The summed E-state index contributed by atoms with van der Waals surface area (Å²) in [5, 5.41) is 5.82. The van der Waals surface area contributed by atoms with E-state index in [1.807, 2.05) is 81.4 Å². The van der Waals surface area contributed by atoms with Crippen LogP contribution in [0.2, 0.25) is 0 Å². The highest BCUT2D eigenvalue weighted by Crippen LogP contribution is 2.25. The molecule has 0 radical (unpaired) electrons. The second-order valence-electron chi connectivity index (χ2n) is 5.93. The van der Waals surface area contributed by atoms with Crippen LogP contribution >= 0.6 is 0 Å². The summed E-state index contributed by atoms with van der Waals surface area (Å²) in [7, 11) is 0. The molecule has 3 rings (SSSR count). The first-order chi connectivity index (χ1) is 11.5. The van der Waals surface area contributed by atoms with Crippen molar-refractivity contribution in [3.05, 3.63) is 65.7 Å². The summed E-state index contributed by atoms with van der Waals surface area (Å²) in [4.78, 5) is 12.7. The molecule has 2 aromatic rings. The summed E-state index contributed by atoms with van der Waals surface area (Å²) < 4.78 is 5.64. The van der Waals surface area contributed by atoms with E-state index in [1.54, 1.807) is 0 Å². The van der Waals surface area contributed by atoms with E-state index in [0.717, 1.165) is 17.0 Å². The average Bonchev–Trinajstić information content (AvgIpc) is 2.85. The molecule has 4 heteroatoms. The molecule has 0 atom stereocenters. The molecule has 24 heavy (non-hydrogen) atoms. The highest BCUT2D eigenvalue weighted by molar-refractivity contribution is 6.32. The minimum atomic E-state index is -0.110. The van der Waals surface area contributed by atoms with Gasteiger partial charge in [0.15, 0.2) is 0 Å². The molecule has 1 heterocycles. The highest BCUT2D eigenvalue weighted by atomic mass is 16.5. The molecular formula is C20H20N2O2. The summed E-state index contributed by atoms with van der Waals surface area (Å²) in [6.45, 7) is 5.83. The first-order valence-corrected chi connectivity index (χ1v) is 7.98. The van der Waals surface area contributed by atoms with Crippen molar-refractivity contribution in [1.29, 1.82) is 0 Å². The molecule has 0 spiro atoms. The van der Waals surface area contributed by atoms with E-state index in [0.29, 0.717) is 11.3 Å². The fourth-order valence-corrected chi connectivity index (χ4v) is 2.51. The standard InChI is InChI=1S/C20H20N2O2/c1-14(2)24-18-11-9-16(10-12-18)13-19-15(3)21-22(20(19)23)17-7-5-4-6-8-17/h4-14H,1-3H3/b19-13+. The third-order valence-electron chi connectivity index (χ3n) is 3.63. The molecule has 1 aliphatic rings. The molecule has 1 aliphatic heterocycles. The number of hydrazone groups is 1. The van der Waals surface area contributed by atoms with Gasteiger partial charge in [0.05, 0.1) is 23.1 Å². The first kappa shape index (κ1) is 16.0. The lowest BCUT2D eigenvalue weighted by molar-refractivity contribution is -0.114. The molecule has 0 saturated carbocycles. The molecule has 1 amide bonds. The monoisotopic (exact) mass is 320 g/mol. The largest absolute Gasteiger partial charge is 0.491 e. The van der Waals surface area contributed by atoms with Crippen molar-refractivity contribution in [2.24, 2.45) is 5.10 Å². The molecule has 0 fully saturated rings. The molecule has 0 bridgehead atoms. The van der Waals surface area contributed by atoms with E-state index in [9.17, 15) is 4.79 Å². The van der Waals surface area contributed by atoms with Crippen LogP contribution in [0.15, 0.2) is 65.3 Å². The quantitative estimate of drug-likeness (QED) is 0.789. The summed E-state index contributed by atoms with van der Waals surface area (Å²) in [5.41, 5.74) is 3.03. The molecular weight excluding hydrogens is 300 g/mol. The smallest absolute Gasteiger partial charge is 0.280 e. The minimum absolute atomic E-state index is 0.110. The van der Waals surface area contributed by atoms with Gasteiger partial charge < -0.3 is 4.74 Å². The molecule has 0 aromatic heterocycles. The Kier molecular flexibility index (Phi) is 4.47. The summed E-state index contributed by atoms with van der Waals surface area (Å²) >= 11 is 0. The third kappa shape index (κ3) is 3.38. The fourth-order valence-electron chi connectivity index (χ4n) is 2.51. The Morgan fingerprint density at radius 2 is 1.71 bits per heavy atom. The predicted molar refractivity (Wildman–Crippen MR) is 97.2 cm³/mol. The number of hydrogen-bond donors (Lipinski definition) is 0. The van der Waals surface area contributed by atoms with Crippen molar-refractivity contribution in [2.45, 2.75) is 26.9 Å². The van der Waals surface area contributed by atoms with Crippen molar-refractivity contribution in [1.82, 2.24) is 0 Å². The molecule has 0 aliphatic carbocycles. The van der Waals surface area contributed by atoms with Gasteiger partial charge in [-0.15, -0.1) is 0 Å². The number of rotatable bonds is 4. The Balaban J connectivity index is 1.83. The van der Waals surface area contributed by atoms with Gasteiger partial charge >= 0.3 is 0 Å². The number of anilines is 1. The van der Waals surface area contributed by atoms with Crippen molar-refractivity contribution in [3.8, 4) is 5.75 Å². The maximum absolute atomic E-state index is 12.7. The maximum atomic E-state index is 12.7. The molecule has 2 aromatic carbocycles.